The molecule has 9 heteroatoms. The SMILES string of the molecule is CC(C)(C)OC(=O)N1CC(Oc2ccc(Cl)c(Cl)c2)CC1C(=O)N1CCCN(C2CCC2)CC1. The number of ether oxygens (including phenoxy) is 2. The van der Waals surface area contributed by atoms with Crippen LogP contribution in [-0.4, -0.2) is 83.2 Å². The van der Waals surface area contributed by atoms with Crippen molar-refractivity contribution in [1.82, 2.24) is 14.7 Å². The predicted octanol–water partition coefficient (Wildman–Crippen LogP) is 4.84. The molecule has 1 aromatic carbocycles. The fourth-order valence-corrected chi connectivity index (χ4v) is 5.16. The van der Waals surface area contributed by atoms with Gasteiger partial charge in [-0.05, 0) is 52.2 Å². The third-order valence-corrected chi connectivity index (χ3v) is 7.54. The van der Waals surface area contributed by atoms with Crippen LogP contribution in [0.2, 0.25) is 10.0 Å². The average Bonchev–Trinajstić information content (AvgIpc) is 2.99. The Bertz CT molecular complexity index is 903. The zero-order chi connectivity index (χ0) is 24.5. The zero-order valence-corrected chi connectivity index (χ0v) is 21.8. The molecule has 0 radical (unpaired) electrons. The number of likely N-dealkylation sites (tertiary alicyclic amines) is 1. The van der Waals surface area contributed by atoms with E-state index in [1.807, 2.05) is 25.7 Å². The van der Waals surface area contributed by atoms with Crippen LogP contribution in [0.25, 0.3) is 0 Å². The van der Waals surface area contributed by atoms with Gasteiger partial charge in [0.15, 0.2) is 0 Å². The van der Waals surface area contributed by atoms with Gasteiger partial charge < -0.3 is 14.4 Å². The van der Waals surface area contributed by atoms with Crippen molar-refractivity contribution >= 4 is 35.2 Å². The third-order valence-electron chi connectivity index (χ3n) is 6.80. The third kappa shape index (κ3) is 6.10. The van der Waals surface area contributed by atoms with E-state index in [2.05, 4.69) is 4.90 Å². The van der Waals surface area contributed by atoms with E-state index in [0.717, 1.165) is 19.5 Å². The number of nitrogens with zero attached hydrogens (tertiary/aromatic N) is 3. The second-order valence-electron chi connectivity index (χ2n) is 10.5. The van der Waals surface area contributed by atoms with Crippen LogP contribution in [0.1, 0.15) is 52.9 Å². The van der Waals surface area contributed by atoms with Crippen LogP contribution in [0.4, 0.5) is 4.79 Å². The Morgan fingerprint density at radius 2 is 1.76 bits per heavy atom. The van der Waals surface area contributed by atoms with Gasteiger partial charge in [-0.3, -0.25) is 14.6 Å². The second kappa shape index (κ2) is 10.5. The van der Waals surface area contributed by atoms with Gasteiger partial charge in [-0.1, -0.05) is 29.6 Å². The standard InChI is InChI=1S/C25H35Cl2N3O4/c1-25(2,3)34-24(32)30-16-19(33-18-8-9-20(26)21(27)14-18)15-22(30)23(31)29-11-5-10-28(12-13-29)17-6-4-7-17/h8-9,14,17,19,22H,4-7,10-13,15-16H2,1-3H3. The van der Waals surface area contributed by atoms with Gasteiger partial charge in [0.2, 0.25) is 5.91 Å². The highest BCUT2D eigenvalue weighted by molar-refractivity contribution is 6.42. The van der Waals surface area contributed by atoms with Crippen LogP contribution in [0.5, 0.6) is 5.75 Å². The molecule has 7 nitrogen and oxygen atoms in total. The Hall–Kier alpha value is -1.70. The molecule has 2 heterocycles. The maximum absolute atomic E-state index is 13.7. The van der Waals surface area contributed by atoms with E-state index in [0.29, 0.717) is 41.3 Å². The van der Waals surface area contributed by atoms with Crippen LogP contribution in [0, 0.1) is 0 Å². The lowest BCUT2D eigenvalue weighted by molar-refractivity contribution is -0.135. The monoisotopic (exact) mass is 511 g/mol. The van der Waals surface area contributed by atoms with Crippen molar-refractivity contribution in [3.05, 3.63) is 28.2 Å². The molecular weight excluding hydrogens is 477 g/mol. The number of halogens is 2. The molecule has 2 atom stereocenters. The molecule has 0 bridgehead atoms. The number of rotatable bonds is 4. The molecule has 0 N–H and O–H groups in total. The molecule has 2 amide bonds. The second-order valence-corrected chi connectivity index (χ2v) is 11.3. The summed E-state index contributed by atoms with van der Waals surface area (Å²) in [7, 11) is 0. The topological polar surface area (TPSA) is 62.3 Å². The predicted molar refractivity (Wildman–Crippen MR) is 133 cm³/mol. The zero-order valence-electron chi connectivity index (χ0n) is 20.3. The van der Waals surface area contributed by atoms with Gasteiger partial charge in [-0.15, -0.1) is 0 Å². The summed E-state index contributed by atoms with van der Waals surface area (Å²) in [6.07, 6.45) is 4.34. The number of carbonyl (C=O) groups excluding carboxylic acids is 2. The quantitative estimate of drug-likeness (QED) is 0.578. The van der Waals surface area contributed by atoms with E-state index < -0.39 is 17.7 Å². The highest BCUT2D eigenvalue weighted by Crippen LogP contribution is 2.31. The number of benzene rings is 1. The van der Waals surface area contributed by atoms with Gasteiger partial charge in [0.25, 0.3) is 0 Å². The van der Waals surface area contributed by atoms with Gasteiger partial charge in [0, 0.05) is 44.7 Å². The van der Waals surface area contributed by atoms with Crippen LogP contribution in [-0.2, 0) is 9.53 Å². The van der Waals surface area contributed by atoms with Crippen molar-refractivity contribution in [2.75, 3.05) is 32.7 Å². The minimum absolute atomic E-state index is 0.0263. The van der Waals surface area contributed by atoms with E-state index in [1.54, 1.807) is 18.2 Å². The van der Waals surface area contributed by atoms with Gasteiger partial charge in [-0.2, -0.15) is 0 Å². The van der Waals surface area contributed by atoms with Crippen molar-refractivity contribution in [2.24, 2.45) is 0 Å². The molecule has 34 heavy (non-hydrogen) atoms. The first-order valence-corrected chi connectivity index (χ1v) is 13.0. The van der Waals surface area contributed by atoms with Crippen LogP contribution in [0.3, 0.4) is 0 Å². The highest BCUT2D eigenvalue weighted by atomic mass is 35.5. The largest absolute Gasteiger partial charge is 0.488 e. The summed E-state index contributed by atoms with van der Waals surface area (Å²) < 4.78 is 11.7. The van der Waals surface area contributed by atoms with Crippen molar-refractivity contribution in [3.63, 3.8) is 0 Å². The number of carbonyl (C=O) groups is 2. The van der Waals surface area contributed by atoms with E-state index in [1.165, 1.54) is 24.2 Å². The van der Waals surface area contributed by atoms with Crippen molar-refractivity contribution in [2.45, 2.75) is 76.7 Å². The molecule has 1 aromatic rings. The summed E-state index contributed by atoms with van der Waals surface area (Å²) in [5.74, 6) is 0.532. The van der Waals surface area contributed by atoms with Crippen molar-refractivity contribution < 1.29 is 19.1 Å². The smallest absolute Gasteiger partial charge is 0.411 e. The Labute approximate surface area is 212 Å². The van der Waals surface area contributed by atoms with E-state index >= 15 is 0 Å². The molecular formula is C25H35Cl2N3O4. The fourth-order valence-electron chi connectivity index (χ4n) is 4.87. The summed E-state index contributed by atoms with van der Waals surface area (Å²) in [5.41, 5.74) is -0.654. The molecule has 0 aromatic heterocycles. The lowest BCUT2D eigenvalue weighted by Crippen LogP contribution is -2.50. The molecule has 3 fully saturated rings. The van der Waals surface area contributed by atoms with Gasteiger partial charge in [-0.25, -0.2) is 4.79 Å². The molecule has 0 spiro atoms. The molecule has 2 aliphatic heterocycles. The minimum Gasteiger partial charge on any atom is -0.488 e. The van der Waals surface area contributed by atoms with E-state index in [-0.39, 0.29) is 18.6 Å². The number of hydrogen-bond acceptors (Lipinski definition) is 5. The van der Waals surface area contributed by atoms with Crippen molar-refractivity contribution in [3.8, 4) is 5.75 Å². The number of amides is 2. The summed E-state index contributed by atoms with van der Waals surface area (Å²) in [5, 5.41) is 0.843. The van der Waals surface area contributed by atoms with Crippen molar-refractivity contribution in [1.29, 1.82) is 0 Å². The van der Waals surface area contributed by atoms with E-state index in [9.17, 15) is 9.59 Å². The molecule has 1 saturated carbocycles. The van der Waals surface area contributed by atoms with Gasteiger partial charge >= 0.3 is 6.09 Å². The lowest BCUT2D eigenvalue weighted by atomic mass is 9.91. The average molecular weight is 512 g/mol. The molecule has 188 valence electrons. The van der Waals surface area contributed by atoms with Gasteiger partial charge in [0.05, 0.1) is 16.6 Å². The first-order valence-electron chi connectivity index (χ1n) is 12.2. The van der Waals surface area contributed by atoms with Crippen LogP contribution >= 0.6 is 23.2 Å². The summed E-state index contributed by atoms with van der Waals surface area (Å²) in [6.45, 7) is 9.05. The van der Waals surface area contributed by atoms with E-state index in [4.69, 9.17) is 32.7 Å². The normalized spacial score (nSPS) is 24.5. The molecule has 4 rings (SSSR count). The van der Waals surface area contributed by atoms with Gasteiger partial charge in [0.1, 0.15) is 23.5 Å². The maximum Gasteiger partial charge on any atom is 0.411 e. The summed E-state index contributed by atoms with van der Waals surface area (Å²) in [6, 6.07) is 5.13. The number of hydrogen-bond donors (Lipinski definition) is 0. The first-order chi connectivity index (χ1) is 16.1. The maximum atomic E-state index is 13.7. The Morgan fingerprint density at radius 1 is 1.00 bits per heavy atom. The summed E-state index contributed by atoms with van der Waals surface area (Å²) >= 11 is 12.2. The Balaban J connectivity index is 1.46. The molecule has 3 aliphatic rings. The molecule has 2 saturated heterocycles. The molecule has 1 aliphatic carbocycles. The fraction of sp³-hybridized carbons (Fsp3) is 0.680. The minimum atomic E-state index is -0.654. The van der Waals surface area contributed by atoms with Crippen LogP contribution in [0.15, 0.2) is 18.2 Å². The Kier molecular flexibility index (Phi) is 7.85. The molecule has 2 unspecified atom stereocenters. The highest BCUT2D eigenvalue weighted by Gasteiger charge is 2.44. The Morgan fingerprint density at radius 3 is 2.41 bits per heavy atom. The van der Waals surface area contributed by atoms with Crippen LogP contribution < -0.4 is 4.74 Å². The first kappa shape index (κ1) is 25.4. The summed E-state index contributed by atoms with van der Waals surface area (Å²) in [4.78, 5) is 32.7. The lowest BCUT2D eigenvalue weighted by Gasteiger charge is -2.37.